The Balaban J connectivity index is 1.79. The summed E-state index contributed by atoms with van der Waals surface area (Å²) in [6.45, 7) is 4.89. The van der Waals surface area contributed by atoms with Crippen molar-refractivity contribution >= 4 is 0 Å². The minimum atomic E-state index is 0.496. The van der Waals surface area contributed by atoms with Gasteiger partial charge >= 0.3 is 0 Å². The Kier molecular flexibility index (Phi) is 2.13. The average molecular weight is 168 g/mol. The van der Waals surface area contributed by atoms with Crippen LogP contribution < -0.4 is 5.32 Å². The monoisotopic (exact) mass is 168 g/mol. The van der Waals surface area contributed by atoms with Crippen LogP contribution >= 0.6 is 0 Å². The molecule has 2 aliphatic rings. The van der Waals surface area contributed by atoms with E-state index in [9.17, 15) is 0 Å². The molecule has 1 heterocycles. The number of likely N-dealkylation sites (N-methyl/N-ethyl adjacent to an activating group) is 1. The molecule has 0 spiro atoms. The largest absolute Gasteiger partial charge is 0.307 e. The molecule has 0 bridgehead atoms. The van der Waals surface area contributed by atoms with Crippen molar-refractivity contribution in [3.63, 3.8) is 0 Å². The van der Waals surface area contributed by atoms with E-state index in [2.05, 4.69) is 24.2 Å². The molecule has 70 valence electrons. The Bertz CT molecular complexity index is 163. The van der Waals surface area contributed by atoms with Gasteiger partial charge in [-0.15, -0.1) is 0 Å². The lowest BCUT2D eigenvalue weighted by atomic mass is 9.78. The fourth-order valence-electron chi connectivity index (χ4n) is 2.40. The van der Waals surface area contributed by atoms with Crippen LogP contribution in [0.3, 0.4) is 0 Å². The molecule has 1 atom stereocenters. The van der Waals surface area contributed by atoms with Crippen LogP contribution in [0.15, 0.2) is 0 Å². The van der Waals surface area contributed by atoms with Crippen molar-refractivity contribution in [3.05, 3.63) is 0 Å². The molecule has 2 heteroatoms. The molecule has 0 aromatic heterocycles. The van der Waals surface area contributed by atoms with Crippen molar-refractivity contribution in [2.75, 3.05) is 20.1 Å². The van der Waals surface area contributed by atoms with E-state index >= 15 is 0 Å². The number of nitrogens with one attached hydrogen (secondary N) is 1. The predicted octanol–water partition coefficient (Wildman–Crippen LogP) is 1.22. The van der Waals surface area contributed by atoms with Crippen molar-refractivity contribution in [3.8, 4) is 0 Å². The van der Waals surface area contributed by atoms with Gasteiger partial charge in [-0.05, 0) is 46.2 Å². The Morgan fingerprint density at radius 1 is 1.42 bits per heavy atom. The van der Waals surface area contributed by atoms with Crippen LogP contribution in [0.5, 0.6) is 0 Å². The number of nitrogens with zero attached hydrogens (tertiary/aromatic N) is 1. The second-order valence-electron chi connectivity index (χ2n) is 4.81. The lowest BCUT2D eigenvalue weighted by Crippen LogP contribution is -2.53. The van der Waals surface area contributed by atoms with Crippen molar-refractivity contribution < 1.29 is 0 Å². The highest BCUT2D eigenvalue weighted by molar-refractivity contribution is 4.95. The first kappa shape index (κ1) is 8.52. The normalized spacial score (nSPS) is 35.0. The average Bonchev–Trinajstić information content (AvgIpc) is 2.32. The quantitative estimate of drug-likeness (QED) is 0.667. The Morgan fingerprint density at radius 3 is 2.58 bits per heavy atom. The lowest BCUT2D eigenvalue weighted by Gasteiger charge is -2.41. The molecule has 0 amide bonds. The van der Waals surface area contributed by atoms with Gasteiger partial charge in [-0.25, -0.2) is 0 Å². The first-order chi connectivity index (χ1) is 5.68. The summed E-state index contributed by atoms with van der Waals surface area (Å²) in [4.78, 5) is 2.42. The van der Waals surface area contributed by atoms with Crippen molar-refractivity contribution in [2.45, 2.75) is 44.2 Å². The van der Waals surface area contributed by atoms with E-state index in [-0.39, 0.29) is 0 Å². The number of hydrogen-bond donors (Lipinski definition) is 1. The van der Waals surface area contributed by atoms with Crippen LogP contribution in [-0.4, -0.2) is 36.6 Å². The van der Waals surface area contributed by atoms with E-state index in [1.165, 1.54) is 38.8 Å². The molecule has 0 aromatic rings. The maximum absolute atomic E-state index is 3.78. The SMILES string of the molecule is CN1CC[C@H](NC2(C)CCC2)C1. The zero-order valence-electron chi connectivity index (χ0n) is 8.27. The van der Waals surface area contributed by atoms with Crippen LogP contribution in [0.4, 0.5) is 0 Å². The molecule has 1 aliphatic heterocycles. The predicted molar refractivity (Wildman–Crippen MR) is 51.3 cm³/mol. The molecule has 1 N–H and O–H groups in total. The van der Waals surface area contributed by atoms with Crippen LogP contribution in [-0.2, 0) is 0 Å². The smallest absolute Gasteiger partial charge is 0.0212 e. The van der Waals surface area contributed by atoms with E-state index in [1.807, 2.05) is 0 Å². The van der Waals surface area contributed by atoms with E-state index < -0.39 is 0 Å². The fourth-order valence-corrected chi connectivity index (χ4v) is 2.40. The first-order valence-corrected chi connectivity index (χ1v) is 5.14. The third kappa shape index (κ3) is 1.64. The van der Waals surface area contributed by atoms with E-state index in [4.69, 9.17) is 0 Å². The van der Waals surface area contributed by atoms with Crippen LogP contribution in [0.2, 0.25) is 0 Å². The lowest BCUT2D eigenvalue weighted by molar-refractivity contribution is 0.185. The summed E-state index contributed by atoms with van der Waals surface area (Å²) in [6, 6.07) is 0.764. The van der Waals surface area contributed by atoms with Crippen LogP contribution in [0.25, 0.3) is 0 Å². The number of hydrogen-bond acceptors (Lipinski definition) is 2. The zero-order chi connectivity index (χ0) is 8.60. The fraction of sp³-hybridized carbons (Fsp3) is 1.00. The Morgan fingerprint density at radius 2 is 2.17 bits per heavy atom. The molecule has 2 nitrogen and oxygen atoms in total. The zero-order valence-corrected chi connectivity index (χ0v) is 8.27. The third-order valence-corrected chi connectivity index (χ3v) is 3.40. The molecule has 1 saturated heterocycles. The van der Waals surface area contributed by atoms with Crippen LogP contribution in [0, 0.1) is 0 Å². The van der Waals surface area contributed by atoms with Gasteiger partial charge in [0, 0.05) is 18.1 Å². The van der Waals surface area contributed by atoms with Gasteiger partial charge in [0.15, 0.2) is 0 Å². The molecular weight excluding hydrogens is 148 g/mol. The van der Waals surface area contributed by atoms with Gasteiger partial charge in [0.1, 0.15) is 0 Å². The molecule has 0 radical (unpaired) electrons. The van der Waals surface area contributed by atoms with Crippen LogP contribution in [0.1, 0.15) is 32.6 Å². The summed E-state index contributed by atoms with van der Waals surface area (Å²) in [5.74, 6) is 0. The van der Waals surface area contributed by atoms with E-state index in [1.54, 1.807) is 0 Å². The molecule has 12 heavy (non-hydrogen) atoms. The van der Waals surface area contributed by atoms with Gasteiger partial charge < -0.3 is 10.2 Å². The number of likely N-dealkylation sites (tertiary alicyclic amines) is 1. The van der Waals surface area contributed by atoms with E-state index in [0.717, 1.165) is 6.04 Å². The summed E-state index contributed by atoms with van der Waals surface area (Å²) < 4.78 is 0. The van der Waals surface area contributed by atoms with Gasteiger partial charge in [0.25, 0.3) is 0 Å². The molecular formula is C10H20N2. The summed E-state index contributed by atoms with van der Waals surface area (Å²) in [6.07, 6.45) is 5.53. The molecule has 2 fully saturated rings. The standard InChI is InChI=1S/C10H20N2/c1-10(5-3-6-10)11-9-4-7-12(2)8-9/h9,11H,3-8H2,1-2H3/t9-/m0/s1. The van der Waals surface area contributed by atoms with Gasteiger partial charge in [-0.1, -0.05) is 0 Å². The van der Waals surface area contributed by atoms with Gasteiger partial charge in [-0.2, -0.15) is 0 Å². The van der Waals surface area contributed by atoms with Gasteiger partial charge in [0.2, 0.25) is 0 Å². The maximum atomic E-state index is 3.78. The second kappa shape index (κ2) is 3.00. The first-order valence-electron chi connectivity index (χ1n) is 5.14. The third-order valence-electron chi connectivity index (χ3n) is 3.40. The molecule has 1 aliphatic carbocycles. The topological polar surface area (TPSA) is 15.3 Å². The highest BCUT2D eigenvalue weighted by Crippen LogP contribution is 2.32. The molecule has 0 unspecified atom stereocenters. The summed E-state index contributed by atoms with van der Waals surface area (Å²) in [5.41, 5.74) is 0.496. The number of rotatable bonds is 2. The molecule has 0 aromatic carbocycles. The Labute approximate surface area is 75.3 Å². The second-order valence-corrected chi connectivity index (χ2v) is 4.81. The minimum absolute atomic E-state index is 0.496. The summed E-state index contributed by atoms with van der Waals surface area (Å²) in [5, 5.41) is 3.78. The summed E-state index contributed by atoms with van der Waals surface area (Å²) in [7, 11) is 2.21. The van der Waals surface area contributed by atoms with Crippen molar-refractivity contribution in [1.82, 2.24) is 10.2 Å². The van der Waals surface area contributed by atoms with Gasteiger partial charge in [0.05, 0.1) is 0 Å². The minimum Gasteiger partial charge on any atom is -0.307 e. The maximum Gasteiger partial charge on any atom is 0.0212 e. The van der Waals surface area contributed by atoms with Crippen molar-refractivity contribution in [1.29, 1.82) is 0 Å². The highest BCUT2D eigenvalue weighted by Gasteiger charge is 2.34. The summed E-state index contributed by atoms with van der Waals surface area (Å²) >= 11 is 0. The van der Waals surface area contributed by atoms with E-state index in [0.29, 0.717) is 5.54 Å². The molecule has 1 saturated carbocycles. The van der Waals surface area contributed by atoms with Crippen molar-refractivity contribution in [2.24, 2.45) is 0 Å². The highest BCUT2D eigenvalue weighted by atomic mass is 15.2. The van der Waals surface area contributed by atoms with Gasteiger partial charge in [-0.3, -0.25) is 0 Å². The molecule has 2 rings (SSSR count). The Hall–Kier alpha value is -0.0800.